The molecule has 1 rings (SSSR count). The first-order chi connectivity index (χ1) is 8.49. The van der Waals surface area contributed by atoms with Gasteiger partial charge >= 0.3 is 0 Å². The Bertz CT molecular complexity index is 474. The molecule has 0 saturated heterocycles. The van der Waals surface area contributed by atoms with E-state index in [1.54, 1.807) is 19.1 Å². The summed E-state index contributed by atoms with van der Waals surface area (Å²) in [4.78, 5) is 13.5. The molecule has 0 aromatic heterocycles. The molecular weight excluding hydrogens is 224 g/mol. The minimum absolute atomic E-state index is 0.0256. The predicted molar refractivity (Wildman–Crippen MR) is 73.9 cm³/mol. The van der Waals surface area contributed by atoms with Crippen LogP contribution in [0.4, 0.5) is 5.69 Å². The third-order valence-corrected chi connectivity index (χ3v) is 3.22. The van der Waals surface area contributed by atoms with Crippen LogP contribution in [0.15, 0.2) is 18.2 Å². The largest absolute Gasteiger partial charge is 0.373 e. The van der Waals surface area contributed by atoms with Crippen molar-refractivity contribution < 1.29 is 4.79 Å². The van der Waals surface area contributed by atoms with Gasteiger partial charge < -0.3 is 4.90 Å². The fourth-order valence-electron chi connectivity index (χ4n) is 1.86. The SMILES string of the molecule is CCC(C)CN(C)c1cc(C(C)=O)ccc1C#N. The van der Waals surface area contributed by atoms with Gasteiger partial charge in [-0.1, -0.05) is 20.3 Å². The van der Waals surface area contributed by atoms with Crippen molar-refractivity contribution in [2.24, 2.45) is 5.92 Å². The lowest BCUT2D eigenvalue weighted by Crippen LogP contribution is -2.24. The van der Waals surface area contributed by atoms with E-state index < -0.39 is 0 Å². The van der Waals surface area contributed by atoms with Crippen molar-refractivity contribution in [1.82, 2.24) is 0 Å². The topological polar surface area (TPSA) is 44.1 Å². The number of carbonyl (C=O) groups excluding carboxylic acids is 1. The first-order valence-corrected chi connectivity index (χ1v) is 6.25. The van der Waals surface area contributed by atoms with Crippen LogP contribution in [-0.2, 0) is 0 Å². The Morgan fingerprint density at radius 1 is 1.50 bits per heavy atom. The summed E-state index contributed by atoms with van der Waals surface area (Å²) < 4.78 is 0. The molecule has 18 heavy (non-hydrogen) atoms. The van der Waals surface area contributed by atoms with Crippen LogP contribution in [0.5, 0.6) is 0 Å². The standard InChI is InChI=1S/C15H20N2O/c1-5-11(2)10-17(4)15-8-13(12(3)18)6-7-14(15)9-16/h6-8,11H,5,10H2,1-4H3. The first-order valence-electron chi connectivity index (χ1n) is 6.25. The average Bonchev–Trinajstić information content (AvgIpc) is 2.37. The molecule has 1 atom stereocenters. The van der Waals surface area contributed by atoms with Gasteiger partial charge in [0.15, 0.2) is 5.78 Å². The molecule has 0 saturated carbocycles. The van der Waals surface area contributed by atoms with Crippen LogP contribution in [-0.4, -0.2) is 19.4 Å². The molecule has 0 radical (unpaired) electrons. The van der Waals surface area contributed by atoms with Gasteiger partial charge in [-0.3, -0.25) is 4.79 Å². The number of nitrogens with zero attached hydrogens (tertiary/aromatic N) is 2. The van der Waals surface area contributed by atoms with Crippen molar-refractivity contribution in [3.05, 3.63) is 29.3 Å². The molecule has 3 nitrogen and oxygen atoms in total. The second-order valence-corrected chi connectivity index (χ2v) is 4.79. The highest BCUT2D eigenvalue weighted by Gasteiger charge is 2.12. The Morgan fingerprint density at radius 2 is 2.17 bits per heavy atom. The second-order valence-electron chi connectivity index (χ2n) is 4.79. The molecule has 0 spiro atoms. The van der Waals surface area contributed by atoms with Crippen LogP contribution in [0.3, 0.4) is 0 Å². The van der Waals surface area contributed by atoms with Crippen LogP contribution in [0.1, 0.15) is 43.1 Å². The normalized spacial score (nSPS) is 11.7. The summed E-state index contributed by atoms with van der Waals surface area (Å²) in [7, 11) is 1.96. The molecular formula is C15H20N2O. The molecule has 0 aliphatic carbocycles. The molecule has 1 unspecified atom stereocenters. The Kier molecular flexibility index (Phi) is 4.91. The van der Waals surface area contributed by atoms with Gasteiger partial charge in [0, 0.05) is 19.2 Å². The molecule has 0 aliphatic heterocycles. The van der Waals surface area contributed by atoms with E-state index in [4.69, 9.17) is 5.26 Å². The van der Waals surface area contributed by atoms with Crippen molar-refractivity contribution in [1.29, 1.82) is 5.26 Å². The van der Waals surface area contributed by atoms with Gasteiger partial charge in [0.05, 0.1) is 11.3 Å². The van der Waals surface area contributed by atoms with Crippen molar-refractivity contribution in [3.8, 4) is 6.07 Å². The van der Waals surface area contributed by atoms with E-state index in [2.05, 4.69) is 24.8 Å². The molecule has 0 fully saturated rings. The van der Waals surface area contributed by atoms with E-state index in [0.717, 1.165) is 18.7 Å². The number of carbonyl (C=O) groups is 1. The van der Waals surface area contributed by atoms with E-state index in [0.29, 0.717) is 17.0 Å². The summed E-state index contributed by atoms with van der Waals surface area (Å²) in [5, 5.41) is 9.13. The fraction of sp³-hybridized carbons (Fsp3) is 0.467. The van der Waals surface area contributed by atoms with Crippen LogP contribution < -0.4 is 4.90 Å². The molecule has 3 heteroatoms. The van der Waals surface area contributed by atoms with E-state index in [-0.39, 0.29) is 5.78 Å². The van der Waals surface area contributed by atoms with Crippen molar-refractivity contribution >= 4 is 11.5 Å². The smallest absolute Gasteiger partial charge is 0.159 e. The monoisotopic (exact) mass is 244 g/mol. The van der Waals surface area contributed by atoms with Gasteiger partial charge in [-0.15, -0.1) is 0 Å². The Hall–Kier alpha value is -1.82. The summed E-state index contributed by atoms with van der Waals surface area (Å²) in [6.07, 6.45) is 1.10. The maximum absolute atomic E-state index is 11.4. The van der Waals surface area contributed by atoms with Crippen molar-refractivity contribution in [2.75, 3.05) is 18.5 Å². The minimum atomic E-state index is 0.0256. The first kappa shape index (κ1) is 14.2. The third-order valence-electron chi connectivity index (χ3n) is 3.22. The molecule has 0 amide bonds. The number of Topliss-reactive ketones (excluding diaryl/α,β-unsaturated/α-hetero) is 1. The van der Waals surface area contributed by atoms with E-state index in [9.17, 15) is 4.79 Å². The van der Waals surface area contributed by atoms with Gasteiger partial charge in [-0.2, -0.15) is 5.26 Å². The van der Waals surface area contributed by atoms with Gasteiger partial charge in [0.1, 0.15) is 6.07 Å². The van der Waals surface area contributed by atoms with Crippen molar-refractivity contribution in [2.45, 2.75) is 27.2 Å². The predicted octanol–water partition coefficient (Wildman–Crippen LogP) is 3.24. The highest BCUT2D eigenvalue weighted by molar-refractivity contribution is 5.95. The number of hydrogen-bond acceptors (Lipinski definition) is 3. The third kappa shape index (κ3) is 3.33. The van der Waals surface area contributed by atoms with E-state index in [1.807, 2.05) is 13.1 Å². The van der Waals surface area contributed by atoms with Crippen LogP contribution in [0.25, 0.3) is 0 Å². The van der Waals surface area contributed by atoms with E-state index in [1.165, 1.54) is 0 Å². The fourth-order valence-corrected chi connectivity index (χ4v) is 1.86. The second kappa shape index (κ2) is 6.20. The number of benzene rings is 1. The zero-order valence-corrected chi connectivity index (χ0v) is 11.5. The Balaban J connectivity index is 3.08. The zero-order chi connectivity index (χ0) is 13.7. The zero-order valence-electron chi connectivity index (χ0n) is 11.5. The van der Waals surface area contributed by atoms with Gasteiger partial charge in [0.2, 0.25) is 0 Å². The molecule has 1 aromatic carbocycles. The quantitative estimate of drug-likeness (QED) is 0.747. The lowest BCUT2D eigenvalue weighted by atomic mass is 10.0. The molecule has 0 heterocycles. The molecule has 0 aliphatic rings. The number of rotatable bonds is 5. The highest BCUT2D eigenvalue weighted by Crippen LogP contribution is 2.22. The van der Waals surface area contributed by atoms with Gasteiger partial charge in [0.25, 0.3) is 0 Å². The highest BCUT2D eigenvalue weighted by atomic mass is 16.1. The van der Waals surface area contributed by atoms with E-state index >= 15 is 0 Å². The molecule has 96 valence electrons. The van der Waals surface area contributed by atoms with Crippen LogP contribution in [0, 0.1) is 17.2 Å². The van der Waals surface area contributed by atoms with Gasteiger partial charge in [-0.25, -0.2) is 0 Å². The lowest BCUT2D eigenvalue weighted by molar-refractivity contribution is 0.101. The minimum Gasteiger partial charge on any atom is -0.373 e. The lowest BCUT2D eigenvalue weighted by Gasteiger charge is -2.24. The summed E-state index contributed by atoms with van der Waals surface area (Å²) in [5.74, 6) is 0.584. The number of anilines is 1. The van der Waals surface area contributed by atoms with Crippen LogP contribution >= 0.6 is 0 Å². The molecule has 0 N–H and O–H groups in total. The number of nitriles is 1. The number of hydrogen-bond donors (Lipinski definition) is 0. The van der Waals surface area contributed by atoms with Crippen molar-refractivity contribution in [3.63, 3.8) is 0 Å². The van der Waals surface area contributed by atoms with Crippen LogP contribution in [0.2, 0.25) is 0 Å². The summed E-state index contributed by atoms with van der Waals surface area (Å²) in [5.41, 5.74) is 2.11. The summed E-state index contributed by atoms with van der Waals surface area (Å²) in [6, 6.07) is 7.42. The van der Waals surface area contributed by atoms with Gasteiger partial charge in [-0.05, 0) is 31.0 Å². The summed E-state index contributed by atoms with van der Waals surface area (Å²) >= 11 is 0. The Labute approximate surface area is 109 Å². The average molecular weight is 244 g/mol. The maximum Gasteiger partial charge on any atom is 0.159 e. The maximum atomic E-state index is 11.4. The molecule has 0 bridgehead atoms. The molecule has 1 aromatic rings. The Morgan fingerprint density at radius 3 is 2.67 bits per heavy atom. The summed E-state index contributed by atoms with van der Waals surface area (Å²) in [6.45, 7) is 6.75. The number of ketones is 1.